The van der Waals surface area contributed by atoms with Crippen LogP contribution in [0.15, 0.2) is 17.0 Å². The van der Waals surface area contributed by atoms with E-state index in [0.29, 0.717) is 24.2 Å². The summed E-state index contributed by atoms with van der Waals surface area (Å²) in [5.74, 6) is -0.418. The summed E-state index contributed by atoms with van der Waals surface area (Å²) in [4.78, 5) is 0.171. The molecule has 0 radical (unpaired) electrons. The van der Waals surface area contributed by atoms with E-state index < -0.39 is 15.8 Å². The van der Waals surface area contributed by atoms with Gasteiger partial charge in [-0.15, -0.1) is 0 Å². The maximum atomic E-state index is 13.2. The first-order chi connectivity index (χ1) is 8.88. The van der Waals surface area contributed by atoms with E-state index in [1.807, 2.05) is 6.92 Å². The van der Waals surface area contributed by atoms with Crippen LogP contribution in [0.4, 0.5) is 4.39 Å². The molecule has 0 unspecified atom stereocenters. The fraction of sp³-hybridized carbons (Fsp3) is 0.538. The molecule has 0 spiro atoms. The molecule has 0 aliphatic carbocycles. The Kier molecular flexibility index (Phi) is 5.90. The Bertz CT molecular complexity index is 506. The number of halogens is 1. The largest absolute Gasteiger partial charge is 0.315 e. The third-order valence-electron chi connectivity index (χ3n) is 2.71. The quantitative estimate of drug-likeness (QED) is 0.751. The molecule has 1 aromatic carbocycles. The van der Waals surface area contributed by atoms with Crippen molar-refractivity contribution >= 4 is 10.0 Å². The fourth-order valence-electron chi connectivity index (χ4n) is 1.97. The van der Waals surface area contributed by atoms with Crippen LogP contribution in [0.3, 0.4) is 0 Å². The lowest BCUT2D eigenvalue weighted by Crippen LogP contribution is -2.32. The highest BCUT2D eigenvalue weighted by Gasteiger charge is 2.19. The fourth-order valence-corrected chi connectivity index (χ4v) is 3.45. The number of nitrogens with one attached hydrogen (secondary N) is 2. The van der Waals surface area contributed by atoms with Gasteiger partial charge in [0.15, 0.2) is 0 Å². The maximum absolute atomic E-state index is 13.2. The molecule has 2 N–H and O–H groups in total. The third kappa shape index (κ3) is 4.56. The number of benzene rings is 1. The van der Waals surface area contributed by atoms with Gasteiger partial charge in [-0.05, 0) is 50.1 Å². The molecule has 0 saturated carbocycles. The van der Waals surface area contributed by atoms with Crippen molar-refractivity contribution < 1.29 is 12.8 Å². The monoisotopic (exact) mass is 288 g/mol. The Labute approximate surface area is 114 Å². The molecule has 0 saturated heterocycles. The van der Waals surface area contributed by atoms with Crippen molar-refractivity contribution in [1.29, 1.82) is 0 Å². The van der Waals surface area contributed by atoms with Gasteiger partial charge in [0.1, 0.15) is 5.82 Å². The number of aryl methyl sites for hydroxylation is 2. The van der Waals surface area contributed by atoms with Crippen LogP contribution in [0, 0.1) is 19.7 Å². The van der Waals surface area contributed by atoms with Crippen LogP contribution in [-0.2, 0) is 10.0 Å². The standard InChI is InChI=1S/C13H21FN2O2S/c1-4-5-15-6-7-16-19(17,18)13-10(2)8-12(14)9-11(13)3/h8-9,15-16H,4-7H2,1-3H3. The molecule has 6 heteroatoms. The lowest BCUT2D eigenvalue weighted by atomic mass is 10.1. The van der Waals surface area contributed by atoms with E-state index in [9.17, 15) is 12.8 Å². The lowest BCUT2D eigenvalue weighted by Gasteiger charge is -2.12. The Hall–Kier alpha value is -0.980. The van der Waals surface area contributed by atoms with Crippen molar-refractivity contribution in [2.75, 3.05) is 19.6 Å². The Balaban J connectivity index is 2.78. The minimum Gasteiger partial charge on any atom is -0.315 e. The van der Waals surface area contributed by atoms with Gasteiger partial charge in [-0.25, -0.2) is 17.5 Å². The highest BCUT2D eigenvalue weighted by molar-refractivity contribution is 7.89. The van der Waals surface area contributed by atoms with Crippen LogP contribution in [-0.4, -0.2) is 28.1 Å². The highest BCUT2D eigenvalue weighted by atomic mass is 32.2. The average Bonchev–Trinajstić information content (AvgIpc) is 2.26. The molecule has 108 valence electrons. The second kappa shape index (κ2) is 6.98. The minimum atomic E-state index is -3.58. The van der Waals surface area contributed by atoms with E-state index in [1.165, 1.54) is 12.1 Å². The molecule has 0 aliphatic rings. The first-order valence-electron chi connectivity index (χ1n) is 6.35. The van der Waals surface area contributed by atoms with E-state index in [1.54, 1.807) is 13.8 Å². The third-order valence-corrected chi connectivity index (χ3v) is 4.48. The van der Waals surface area contributed by atoms with Crippen molar-refractivity contribution in [3.8, 4) is 0 Å². The van der Waals surface area contributed by atoms with Crippen LogP contribution in [0.2, 0.25) is 0 Å². The Morgan fingerprint density at radius 3 is 2.21 bits per heavy atom. The van der Waals surface area contributed by atoms with Gasteiger partial charge < -0.3 is 5.32 Å². The molecule has 4 nitrogen and oxygen atoms in total. The van der Waals surface area contributed by atoms with Gasteiger partial charge >= 0.3 is 0 Å². The van der Waals surface area contributed by atoms with Crippen LogP contribution in [0.1, 0.15) is 24.5 Å². The van der Waals surface area contributed by atoms with Gasteiger partial charge in [0.2, 0.25) is 10.0 Å². The second-order valence-corrected chi connectivity index (χ2v) is 6.22. The molecule has 0 atom stereocenters. The van der Waals surface area contributed by atoms with Gasteiger partial charge in [0, 0.05) is 13.1 Å². The molecule has 0 amide bonds. The molecular weight excluding hydrogens is 267 g/mol. The van der Waals surface area contributed by atoms with E-state index in [4.69, 9.17) is 0 Å². The van der Waals surface area contributed by atoms with Crippen molar-refractivity contribution in [2.24, 2.45) is 0 Å². The summed E-state index contributed by atoms with van der Waals surface area (Å²) >= 11 is 0. The molecule has 1 aromatic rings. The summed E-state index contributed by atoms with van der Waals surface area (Å²) in [5.41, 5.74) is 0.845. The lowest BCUT2D eigenvalue weighted by molar-refractivity contribution is 0.573. The smallest absolute Gasteiger partial charge is 0.241 e. The zero-order chi connectivity index (χ0) is 14.5. The summed E-state index contributed by atoms with van der Waals surface area (Å²) in [6.07, 6.45) is 1.00. The van der Waals surface area contributed by atoms with Crippen molar-refractivity contribution in [3.05, 3.63) is 29.1 Å². The summed E-state index contributed by atoms with van der Waals surface area (Å²) in [6.45, 7) is 6.99. The predicted octanol–water partition coefficient (Wildman–Crippen LogP) is 1.72. The molecule has 1 rings (SSSR count). The van der Waals surface area contributed by atoms with Crippen molar-refractivity contribution in [3.63, 3.8) is 0 Å². The molecule has 0 fully saturated rings. The SMILES string of the molecule is CCCNCCNS(=O)(=O)c1c(C)cc(F)cc1C. The van der Waals surface area contributed by atoms with Gasteiger partial charge in [-0.2, -0.15) is 0 Å². The van der Waals surface area contributed by atoms with Crippen molar-refractivity contribution in [1.82, 2.24) is 10.0 Å². The summed E-state index contributed by atoms with van der Waals surface area (Å²) in [5, 5.41) is 3.11. The maximum Gasteiger partial charge on any atom is 0.241 e. The van der Waals surface area contributed by atoms with Crippen molar-refractivity contribution in [2.45, 2.75) is 32.1 Å². The minimum absolute atomic E-state index is 0.171. The normalized spacial score (nSPS) is 11.8. The second-order valence-electron chi connectivity index (χ2n) is 4.52. The van der Waals surface area contributed by atoms with Gasteiger partial charge in [0.05, 0.1) is 4.90 Å². The van der Waals surface area contributed by atoms with Gasteiger partial charge in [-0.1, -0.05) is 6.92 Å². The first-order valence-corrected chi connectivity index (χ1v) is 7.84. The van der Waals surface area contributed by atoms with Crippen LogP contribution in [0.5, 0.6) is 0 Å². The Morgan fingerprint density at radius 1 is 1.11 bits per heavy atom. The molecule has 0 aliphatic heterocycles. The van der Waals surface area contributed by atoms with Crippen LogP contribution >= 0.6 is 0 Å². The molecule has 0 heterocycles. The highest BCUT2D eigenvalue weighted by Crippen LogP contribution is 2.20. The number of rotatable bonds is 7. The number of hydrogen-bond donors (Lipinski definition) is 2. The van der Waals surface area contributed by atoms with E-state index in [2.05, 4.69) is 10.0 Å². The Morgan fingerprint density at radius 2 is 1.68 bits per heavy atom. The predicted molar refractivity (Wildman–Crippen MR) is 74.2 cm³/mol. The zero-order valence-corrected chi connectivity index (χ0v) is 12.4. The van der Waals surface area contributed by atoms with Gasteiger partial charge in [-0.3, -0.25) is 0 Å². The average molecular weight is 288 g/mol. The van der Waals surface area contributed by atoms with Crippen LogP contribution in [0.25, 0.3) is 0 Å². The first kappa shape index (κ1) is 16.1. The molecule has 0 aromatic heterocycles. The van der Waals surface area contributed by atoms with Gasteiger partial charge in [0.25, 0.3) is 0 Å². The number of hydrogen-bond acceptors (Lipinski definition) is 3. The summed E-state index contributed by atoms with van der Waals surface area (Å²) in [7, 11) is -3.58. The zero-order valence-electron chi connectivity index (χ0n) is 11.6. The molecule has 19 heavy (non-hydrogen) atoms. The van der Waals surface area contributed by atoms with E-state index >= 15 is 0 Å². The van der Waals surface area contributed by atoms with E-state index in [0.717, 1.165) is 13.0 Å². The molecule has 0 bridgehead atoms. The topological polar surface area (TPSA) is 58.2 Å². The summed E-state index contributed by atoms with van der Waals surface area (Å²) < 4.78 is 40.0. The number of sulfonamides is 1. The summed E-state index contributed by atoms with van der Waals surface area (Å²) in [6, 6.07) is 2.47. The van der Waals surface area contributed by atoms with Crippen LogP contribution < -0.4 is 10.0 Å². The van der Waals surface area contributed by atoms with E-state index in [-0.39, 0.29) is 4.90 Å². The molecular formula is C13H21FN2O2S.